The van der Waals surface area contributed by atoms with Crippen LogP contribution in [-0.4, -0.2) is 23.6 Å². The molecule has 0 heterocycles. The van der Waals surface area contributed by atoms with E-state index in [9.17, 15) is 0 Å². The lowest BCUT2D eigenvalue weighted by Gasteiger charge is -2.49. The van der Waals surface area contributed by atoms with E-state index in [2.05, 4.69) is 55.5 Å². The number of benzene rings is 2. The van der Waals surface area contributed by atoms with Gasteiger partial charge in [0.25, 0.3) is 0 Å². The summed E-state index contributed by atoms with van der Waals surface area (Å²) in [6.07, 6.45) is 22.1. The SMILES string of the molecule is CCOc1ccccc1-c1ccccc1[P+](C1CCCCC1)(C1CCCCC1)C1CCCCC1. The number of hydrogen-bond donors (Lipinski definition) is 0. The summed E-state index contributed by atoms with van der Waals surface area (Å²) < 4.78 is 6.21. The fourth-order valence-corrected chi connectivity index (χ4v) is 15.6. The summed E-state index contributed by atoms with van der Waals surface area (Å²) >= 11 is 0. The zero-order valence-corrected chi connectivity index (χ0v) is 22.4. The second kappa shape index (κ2) is 11.6. The van der Waals surface area contributed by atoms with Crippen molar-refractivity contribution in [3.8, 4) is 16.9 Å². The molecule has 0 N–H and O–H groups in total. The molecule has 34 heavy (non-hydrogen) atoms. The average Bonchev–Trinajstić information content (AvgIpc) is 2.92. The monoisotopic (exact) mass is 477 g/mol. The first-order valence-electron chi connectivity index (χ1n) is 14.6. The van der Waals surface area contributed by atoms with Gasteiger partial charge in [0.2, 0.25) is 0 Å². The van der Waals surface area contributed by atoms with Crippen LogP contribution in [0.2, 0.25) is 0 Å². The van der Waals surface area contributed by atoms with Crippen molar-refractivity contribution < 1.29 is 4.74 Å². The van der Waals surface area contributed by atoms with Crippen molar-refractivity contribution in [3.05, 3.63) is 48.5 Å². The Morgan fingerprint density at radius 2 is 1.03 bits per heavy atom. The summed E-state index contributed by atoms with van der Waals surface area (Å²) in [5.41, 5.74) is 5.71. The van der Waals surface area contributed by atoms with E-state index in [1.807, 2.05) is 0 Å². The summed E-state index contributed by atoms with van der Waals surface area (Å²) in [6.45, 7) is 2.85. The fraction of sp³-hybridized carbons (Fsp3) is 0.625. The molecule has 3 fully saturated rings. The molecular formula is C32H46OP+. The minimum absolute atomic E-state index is 0.730. The van der Waals surface area contributed by atoms with E-state index in [-0.39, 0.29) is 0 Å². The molecule has 0 aliphatic heterocycles. The van der Waals surface area contributed by atoms with Crippen LogP contribution in [0, 0.1) is 0 Å². The zero-order valence-electron chi connectivity index (χ0n) is 21.5. The molecule has 184 valence electrons. The van der Waals surface area contributed by atoms with Gasteiger partial charge in [0.1, 0.15) is 11.1 Å². The predicted molar refractivity (Wildman–Crippen MR) is 150 cm³/mol. The molecule has 2 aromatic rings. The van der Waals surface area contributed by atoms with Crippen LogP contribution < -0.4 is 10.0 Å². The van der Waals surface area contributed by atoms with E-state index in [4.69, 9.17) is 4.74 Å². The van der Waals surface area contributed by atoms with Gasteiger partial charge in [-0.2, -0.15) is 0 Å². The second-order valence-corrected chi connectivity index (χ2v) is 15.5. The molecule has 0 atom stereocenters. The van der Waals surface area contributed by atoms with Crippen molar-refractivity contribution in [2.75, 3.05) is 6.61 Å². The van der Waals surface area contributed by atoms with E-state index in [1.165, 1.54) is 107 Å². The molecule has 3 aliphatic carbocycles. The van der Waals surface area contributed by atoms with Gasteiger partial charge in [-0.1, -0.05) is 55.7 Å². The first-order valence-corrected chi connectivity index (χ1v) is 16.5. The van der Waals surface area contributed by atoms with Crippen LogP contribution in [0.3, 0.4) is 0 Å². The van der Waals surface area contributed by atoms with Crippen LogP contribution in [0.5, 0.6) is 5.75 Å². The van der Waals surface area contributed by atoms with Crippen molar-refractivity contribution >= 4 is 12.6 Å². The van der Waals surface area contributed by atoms with Gasteiger partial charge in [-0.15, -0.1) is 0 Å². The van der Waals surface area contributed by atoms with E-state index in [1.54, 1.807) is 5.30 Å². The second-order valence-electron chi connectivity index (χ2n) is 11.2. The van der Waals surface area contributed by atoms with Gasteiger partial charge < -0.3 is 4.74 Å². The molecule has 0 saturated heterocycles. The summed E-state index contributed by atoms with van der Waals surface area (Å²) in [5, 5.41) is 1.80. The largest absolute Gasteiger partial charge is 0.493 e. The van der Waals surface area contributed by atoms with Crippen molar-refractivity contribution in [2.24, 2.45) is 0 Å². The lowest BCUT2D eigenvalue weighted by atomic mass is 9.98. The van der Waals surface area contributed by atoms with Crippen LogP contribution in [-0.2, 0) is 0 Å². The summed E-state index contributed by atoms with van der Waals surface area (Å²) in [4.78, 5) is 0. The lowest BCUT2D eigenvalue weighted by Crippen LogP contribution is -2.42. The Morgan fingerprint density at radius 3 is 1.53 bits per heavy atom. The Hall–Kier alpha value is -1.33. The van der Waals surface area contributed by atoms with Crippen molar-refractivity contribution in [3.63, 3.8) is 0 Å². The molecule has 5 rings (SSSR count). The standard InChI is InChI=1S/C32H46OP/c1-2-33-31-24-14-12-22-29(31)30-23-13-15-25-32(30)34(26-16-6-3-7-17-26,27-18-8-4-9-19-27)28-20-10-5-11-21-28/h12-15,22-28H,2-11,16-21H2,1H3/q+1. The lowest BCUT2D eigenvalue weighted by molar-refractivity contribution is 0.341. The molecular weight excluding hydrogens is 431 g/mol. The van der Waals surface area contributed by atoms with Crippen LogP contribution in [0.15, 0.2) is 48.5 Å². The third kappa shape index (κ3) is 4.72. The van der Waals surface area contributed by atoms with E-state index < -0.39 is 7.26 Å². The van der Waals surface area contributed by atoms with Crippen molar-refractivity contribution in [1.29, 1.82) is 0 Å². The highest BCUT2D eigenvalue weighted by molar-refractivity contribution is 7.85. The highest BCUT2D eigenvalue weighted by Gasteiger charge is 2.59. The quantitative estimate of drug-likeness (QED) is 0.361. The smallest absolute Gasteiger partial charge is 0.127 e. The van der Waals surface area contributed by atoms with Crippen molar-refractivity contribution in [1.82, 2.24) is 0 Å². The van der Waals surface area contributed by atoms with Gasteiger partial charge in [-0.3, -0.25) is 0 Å². The zero-order chi connectivity index (χ0) is 23.2. The number of rotatable bonds is 7. The fourth-order valence-electron chi connectivity index (χ4n) is 8.02. The van der Waals surface area contributed by atoms with Gasteiger partial charge >= 0.3 is 0 Å². The Labute approximate surface area is 209 Å². The van der Waals surface area contributed by atoms with Gasteiger partial charge in [0.15, 0.2) is 0 Å². The van der Waals surface area contributed by atoms with Crippen LogP contribution >= 0.6 is 7.26 Å². The van der Waals surface area contributed by atoms with Crippen molar-refractivity contribution in [2.45, 2.75) is 120 Å². The first-order chi connectivity index (χ1) is 16.9. The number of para-hydroxylation sites is 1. The molecule has 0 aromatic heterocycles. The Balaban J connectivity index is 1.72. The summed E-state index contributed by atoms with van der Waals surface area (Å²) in [6, 6.07) is 18.6. The maximum Gasteiger partial charge on any atom is 0.127 e. The molecule has 2 aromatic carbocycles. The predicted octanol–water partition coefficient (Wildman–Crippen LogP) is 9.39. The minimum atomic E-state index is -1.37. The normalized spacial score (nSPS) is 21.4. The molecule has 2 heteroatoms. The van der Waals surface area contributed by atoms with Gasteiger partial charge in [-0.25, -0.2) is 0 Å². The van der Waals surface area contributed by atoms with Gasteiger partial charge in [0, 0.05) is 11.1 Å². The first kappa shape index (κ1) is 24.4. The highest BCUT2D eigenvalue weighted by atomic mass is 31.2. The Morgan fingerprint density at radius 1 is 0.588 bits per heavy atom. The topological polar surface area (TPSA) is 9.23 Å². The maximum atomic E-state index is 6.21. The third-order valence-electron chi connectivity index (χ3n) is 9.34. The third-order valence-corrected chi connectivity index (χ3v) is 15.7. The van der Waals surface area contributed by atoms with E-state index in [0.717, 1.165) is 29.3 Å². The summed E-state index contributed by atoms with van der Waals surface area (Å²) in [7, 11) is -1.37. The minimum Gasteiger partial charge on any atom is -0.493 e. The molecule has 0 unspecified atom stereocenters. The summed E-state index contributed by atoms with van der Waals surface area (Å²) in [5.74, 6) is 1.08. The van der Waals surface area contributed by atoms with Crippen LogP contribution in [0.4, 0.5) is 0 Å². The molecule has 0 radical (unpaired) electrons. The Kier molecular flexibility index (Phi) is 8.32. The van der Waals surface area contributed by atoms with Gasteiger partial charge in [0.05, 0.1) is 30.8 Å². The average molecular weight is 478 g/mol. The van der Waals surface area contributed by atoms with E-state index >= 15 is 0 Å². The maximum absolute atomic E-state index is 6.21. The van der Waals surface area contributed by atoms with E-state index in [0.29, 0.717) is 0 Å². The molecule has 3 saturated carbocycles. The van der Waals surface area contributed by atoms with Crippen LogP contribution in [0.1, 0.15) is 103 Å². The molecule has 3 aliphatic rings. The molecule has 0 bridgehead atoms. The number of hydrogen-bond acceptors (Lipinski definition) is 1. The Bertz CT molecular complexity index is 857. The highest BCUT2D eigenvalue weighted by Crippen LogP contribution is 2.77. The molecule has 0 amide bonds. The van der Waals surface area contributed by atoms with Gasteiger partial charge in [-0.05, 0) is 96.1 Å². The molecule has 0 spiro atoms. The van der Waals surface area contributed by atoms with Crippen LogP contribution in [0.25, 0.3) is 11.1 Å². The number of ether oxygens (including phenoxy) is 1. The molecule has 1 nitrogen and oxygen atoms in total.